The highest BCUT2D eigenvalue weighted by Gasteiger charge is 2.31. The quantitative estimate of drug-likeness (QED) is 0.546. The van der Waals surface area contributed by atoms with Gasteiger partial charge in [-0.25, -0.2) is 0 Å². The number of hydrogen-bond acceptors (Lipinski definition) is 2. The lowest BCUT2D eigenvalue weighted by atomic mass is 9.86. The number of hydrogen-bond donors (Lipinski definition) is 2. The Morgan fingerprint density at radius 1 is 1.45 bits per heavy atom. The van der Waals surface area contributed by atoms with Gasteiger partial charge in [0.25, 0.3) is 0 Å². The molecule has 0 bridgehead atoms. The molecule has 0 aromatic carbocycles. The van der Waals surface area contributed by atoms with Gasteiger partial charge in [-0.15, -0.1) is 0 Å². The van der Waals surface area contributed by atoms with Gasteiger partial charge < -0.3 is 10.2 Å². The van der Waals surface area contributed by atoms with E-state index in [0.717, 1.165) is 11.1 Å². The minimum Gasteiger partial charge on any atom is -0.385 e. The topological polar surface area (TPSA) is 40.5 Å². The SMILES string of the molecule is CC1=C(C)[C@@H](O)[C@@](C)(O)C=C1. The van der Waals surface area contributed by atoms with Crippen LogP contribution in [0.4, 0.5) is 0 Å². The summed E-state index contributed by atoms with van der Waals surface area (Å²) in [5.41, 5.74) is 0.783. The molecule has 0 radical (unpaired) electrons. The normalized spacial score (nSPS) is 38.1. The third-order valence-corrected chi connectivity index (χ3v) is 2.26. The maximum atomic E-state index is 9.56. The van der Waals surface area contributed by atoms with Gasteiger partial charge in [-0.05, 0) is 31.9 Å². The second-order valence-corrected chi connectivity index (χ2v) is 3.33. The van der Waals surface area contributed by atoms with Crippen LogP contribution in [-0.4, -0.2) is 21.9 Å². The molecule has 2 N–H and O–H groups in total. The van der Waals surface area contributed by atoms with Crippen molar-refractivity contribution < 1.29 is 10.2 Å². The molecule has 0 spiro atoms. The summed E-state index contributed by atoms with van der Waals surface area (Å²) in [6.45, 7) is 5.35. The fourth-order valence-corrected chi connectivity index (χ4v) is 1.17. The third-order valence-electron chi connectivity index (χ3n) is 2.26. The van der Waals surface area contributed by atoms with Gasteiger partial charge in [-0.1, -0.05) is 12.2 Å². The highest BCUT2D eigenvalue weighted by Crippen LogP contribution is 2.26. The lowest BCUT2D eigenvalue weighted by Gasteiger charge is -2.30. The highest BCUT2D eigenvalue weighted by molar-refractivity contribution is 5.34. The molecule has 2 nitrogen and oxygen atoms in total. The van der Waals surface area contributed by atoms with E-state index in [4.69, 9.17) is 0 Å². The predicted molar refractivity (Wildman–Crippen MR) is 44.1 cm³/mol. The van der Waals surface area contributed by atoms with Crippen molar-refractivity contribution >= 4 is 0 Å². The molecule has 0 amide bonds. The van der Waals surface area contributed by atoms with Crippen LogP contribution in [0, 0.1) is 0 Å². The predicted octanol–water partition coefficient (Wildman–Crippen LogP) is 1.00. The maximum Gasteiger partial charge on any atom is 0.110 e. The molecule has 0 aromatic heterocycles. The van der Waals surface area contributed by atoms with Crippen molar-refractivity contribution in [2.45, 2.75) is 32.5 Å². The Labute approximate surface area is 66.9 Å². The summed E-state index contributed by atoms with van der Waals surface area (Å²) in [5, 5.41) is 19.1. The lowest BCUT2D eigenvalue weighted by Crippen LogP contribution is -2.40. The molecule has 0 saturated heterocycles. The first-order valence-electron chi connectivity index (χ1n) is 3.72. The van der Waals surface area contributed by atoms with Crippen LogP contribution in [0.3, 0.4) is 0 Å². The van der Waals surface area contributed by atoms with Gasteiger partial charge in [0, 0.05) is 0 Å². The van der Waals surface area contributed by atoms with Gasteiger partial charge in [-0.2, -0.15) is 0 Å². The molecule has 62 valence electrons. The first-order valence-corrected chi connectivity index (χ1v) is 3.72. The van der Waals surface area contributed by atoms with Gasteiger partial charge in [0.1, 0.15) is 11.7 Å². The zero-order valence-electron chi connectivity index (χ0n) is 7.13. The standard InChI is InChI=1S/C9H14O2/c1-6-4-5-9(3,11)8(10)7(6)2/h4-5,8,10-11H,1-3H3/t8-,9+/m1/s1. The van der Waals surface area contributed by atoms with E-state index in [1.165, 1.54) is 0 Å². The van der Waals surface area contributed by atoms with Crippen LogP contribution in [-0.2, 0) is 0 Å². The summed E-state index contributed by atoms with van der Waals surface area (Å²) in [6.07, 6.45) is 2.70. The van der Waals surface area contributed by atoms with Crippen molar-refractivity contribution in [2.24, 2.45) is 0 Å². The average Bonchev–Trinajstić information content (AvgIpc) is 1.95. The Hall–Kier alpha value is -0.600. The van der Waals surface area contributed by atoms with Crippen molar-refractivity contribution in [3.63, 3.8) is 0 Å². The Balaban J connectivity index is 3.01. The Morgan fingerprint density at radius 2 is 2.00 bits per heavy atom. The molecule has 2 heteroatoms. The van der Waals surface area contributed by atoms with Gasteiger partial charge in [-0.3, -0.25) is 0 Å². The first-order chi connectivity index (χ1) is 4.95. The first kappa shape index (κ1) is 8.50. The molecule has 11 heavy (non-hydrogen) atoms. The minimum absolute atomic E-state index is 0.757. The zero-order chi connectivity index (χ0) is 8.65. The van der Waals surface area contributed by atoms with Crippen LogP contribution in [0.25, 0.3) is 0 Å². The molecule has 0 heterocycles. The second kappa shape index (κ2) is 2.47. The summed E-state index contributed by atoms with van der Waals surface area (Å²) >= 11 is 0. The van der Waals surface area contributed by atoms with Crippen molar-refractivity contribution in [3.05, 3.63) is 23.3 Å². The van der Waals surface area contributed by atoms with E-state index in [-0.39, 0.29) is 0 Å². The second-order valence-electron chi connectivity index (χ2n) is 3.33. The van der Waals surface area contributed by atoms with Crippen LogP contribution >= 0.6 is 0 Å². The Morgan fingerprint density at radius 3 is 2.45 bits per heavy atom. The van der Waals surface area contributed by atoms with Crippen molar-refractivity contribution in [1.82, 2.24) is 0 Å². The van der Waals surface area contributed by atoms with Crippen LogP contribution < -0.4 is 0 Å². The fourth-order valence-electron chi connectivity index (χ4n) is 1.17. The molecule has 0 fully saturated rings. The van der Waals surface area contributed by atoms with Gasteiger partial charge >= 0.3 is 0 Å². The summed E-state index contributed by atoms with van der Waals surface area (Å²) in [4.78, 5) is 0. The van der Waals surface area contributed by atoms with Crippen LogP contribution in [0.1, 0.15) is 20.8 Å². The summed E-state index contributed by atoms with van der Waals surface area (Å²) < 4.78 is 0. The summed E-state index contributed by atoms with van der Waals surface area (Å²) in [6, 6.07) is 0. The summed E-state index contributed by atoms with van der Waals surface area (Å²) in [5.74, 6) is 0. The van der Waals surface area contributed by atoms with Crippen molar-refractivity contribution in [3.8, 4) is 0 Å². The number of rotatable bonds is 0. The van der Waals surface area contributed by atoms with E-state index >= 15 is 0 Å². The molecular formula is C9H14O2. The largest absolute Gasteiger partial charge is 0.385 e. The zero-order valence-corrected chi connectivity index (χ0v) is 7.13. The molecule has 1 aliphatic carbocycles. The molecule has 0 saturated carbocycles. The van der Waals surface area contributed by atoms with Crippen LogP contribution in [0.5, 0.6) is 0 Å². The highest BCUT2D eigenvalue weighted by atomic mass is 16.3. The maximum absolute atomic E-state index is 9.56. The van der Waals surface area contributed by atoms with E-state index in [0.29, 0.717) is 0 Å². The van der Waals surface area contributed by atoms with Gasteiger partial charge in [0.2, 0.25) is 0 Å². The Kier molecular flexibility index (Phi) is 1.90. The molecule has 2 atom stereocenters. The number of aliphatic hydroxyl groups is 2. The van der Waals surface area contributed by atoms with Crippen molar-refractivity contribution in [1.29, 1.82) is 0 Å². The monoisotopic (exact) mass is 154 g/mol. The van der Waals surface area contributed by atoms with E-state index in [9.17, 15) is 10.2 Å². The van der Waals surface area contributed by atoms with Gasteiger partial charge in [0.15, 0.2) is 0 Å². The van der Waals surface area contributed by atoms with E-state index < -0.39 is 11.7 Å². The van der Waals surface area contributed by atoms with Crippen LogP contribution in [0.2, 0.25) is 0 Å². The van der Waals surface area contributed by atoms with E-state index in [1.807, 2.05) is 19.9 Å². The Bertz CT molecular complexity index is 224. The van der Waals surface area contributed by atoms with Crippen molar-refractivity contribution in [2.75, 3.05) is 0 Å². The summed E-state index contributed by atoms with van der Waals surface area (Å²) in [7, 11) is 0. The van der Waals surface area contributed by atoms with E-state index in [2.05, 4.69) is 0 Å². The molecule has 0 aromatic rings. The third kappa shape index (κ3) is 1.37. The molecule has 0 unspecified atom stereocenters. The number of aliphatic hydroxyl groups excluding tert-OH is 1. The lowest BCUT2D eigenvalue weighted by molar-refractivity contribution is -0.00773. The minimum atomic E-state index is -1.09. The molecule has 1 aliphatic rings. The average molecular weight is 154 g/mol. The molecular weight excluding hydrogens is 140 g/mol. The van der Waals surface area contributed by atoms with Crippen LogP contribution in [0.15, 0.2) is 23.3 Å². The van der Waals surface area contributed by atoms with Gasteiger partial charge in [0.05, 0.1) is 0 Å². The number of allylic oxidation sites excluding steroid dienone is 2. The fraction of sp³-hybridized carbons (Fsp3) is 0.556. The van der Waals surface area contributed by atoms with E-state index in [1.54, 1.807) is 13.0 Å². The molecule has 1 rings (SSSR count). The smallest absolute Gasteiger partial charge is 0.110 e. The molecule has 0 aliphatic heterocycles.